The second kappa shape index (κ2) is 8.83. The molecular weight excluding hydrogens is 372 g/mol. The molecule has 0 aliphatic carbocycles. The van der Waals surface area contributed by atoms with E-state index in [1.54, 1.807) is 10.9 Å². The van der Waals surface area contributed by atoms with Crippen LogP contribution in [0.1, 0.15) is 37.7 Å². The van der Waals surface area contributed by atoms with Gasteiger partial charge in [-0.2, -0.15) is 5.10 Å². The molecule has 8 nitrogen and oxygen atoms in total. The minimum absolute atomic E-state index is 0.109. The van der Waals surface area contributed by atoms with Crippen molar-refractivity contribution in [2.75, 3.05) is 46.0 Å². The van der Waals surface area contributed by atoms with Crippen molar-refractivity contribution in [2.24, 2.45) is 5.92 Å². The first kappa shape index (κ1) is 20.3. The van der Waals surface area contributed by atoms with E-state index in [0.29, 0.717) is 64.9 Å². The highest BCUT2D eigenvalue weighted by atomic mass is 16.5. The number of aryl methyl sites for hydroxylation is 1. The lowest BCUT2D eigenvalue weighted by Gasteiger charge is -2.46. The molecule has 0 bridgehead atoms. The van der Waals surface area contributed by atoms with Gasteiger partial charge in [0, 0.05) is 45.4 Å². The first-order chi connectivity index (χ1) is 14.0. The summed E-state index contributed by atoms with van der Waals surface area (Å²) in [7, 11) is 0. The number of carbonyl (C=O) groups is 2. The van der Waals surface area contributed by atoms with Crippen LogP contribution in [0.2, 0.25) is 0 Å². The topological polar surface area (TPSA) is 76.9 Å². The molecule has 3 aliphatic rings. The maximum atomic E-state index is 12.6. The van der Waals surface area contributed by atoms with Gasteiger partial charge in [-0.1, -0.05) is 0 Å². The van der Waals surface area contributed by atoms with Crippen molar-refractivity contribution in [3.05, 3.63) is 18.0 Å². The number of nitrogens with zero attached hydrogens (tertiary/aromatic N) is 4. The summed E-state index contributed by atoms with van der Waals surface area (Å²) in [6.45, 7) is 7.10. The van der Waals surface area contributed by atoms with Crippen LogP contribution in [-0.4, -0.2) is 83.0 Å². The molecule has 1 spiro atoms. The predicted octanol–water partition coefficient (Wildman–Crippen LogP) is 1.23. The summed E-state index contributed by atoms with van der Waals surface area (Å²) in [6, 6.07) is 0. The Hall–Kier alpha value is -1.93. The van der Waals surface area contributed by atoms with E-state index in [1.165, 1.54) is 0 Å². The van der Waals surface area contributed by atoms with Gasteiger partial charge in [-0.25, -0.2) is 0 Å². The van der Waals surface area contributed by atoms with Gasteiger partial charge in [0.15, 0.2) is 0 Å². The molecule has 0 saturated carbocycles. The first-order valence-electron chi connectivity index (χ1n) is 10.8. The van der Waals surface area contributed by atoms with Crippen LogP contribution >= 0.6 is 0 Å². The average molecular weight is 405 g/mol. The number of piperidine rings is 1. The van der Waals surface area contributed by atoms with Crippen molar-refractivity contribution in [3.8, 4) is 0 Å². The van der Waals surface area contributed by atoms with Crippen LogP contribution in [0, 0.1) is 12.8 Å². The maximum absolute atomic E-state index is 12.6. The molecule has 1 atom stereocenters. The zero-order chi connectivity index (χ0) is 20.3. The molecule has 29 heavy (non-hydrogen) atoms. The molecule has 0 N–H and O–H groups in total. The number of rotatable bonds is 4. The molecule has 160 valence electrons. The van der Waals surface area contributed by atoms with E-state index in [0.717, 1.165) is 31.2 Å². The minimum Gasteiger partial charge on any atom is -0.378 e. The molecule has 4 rings (SSSR count). The highest BCUT2D eigenvalue weighted by Gasteiger charge is 2.41. The number of likely N-dealkylation sites (tertiary alicyclic amines) is 1. The summed E-state index contributed by atoms with van der Waals surface area (Å²) in [4.78, 5) is 29.1. The van der Waals surface area contributed by atoms with Crippen LogP contribution in [-0.2, 0) is 25.6 Å². The highest BCUT2D eigenvalue weighted by molar-refractivity contribution is 5.77. The Morgan fingerprint density at radius 3 is 2.52 bits per heavy atom. The van der Waals surface area contributed by atoms with Gasteiger partial charge in [0.1, 0.15) is 6.54 Å². The van der Waals surface area contributed by atoms with Gasteiger partial charge in [-0.3, -0.25) is 14.3 Å². The van der Waals surface area contributed by atoms with E-state index < -0.39 is 0 Å². The number of carbonyl (C=O) groups excluding carboxylic acids is 2. The van der Waals surface area contributed by atoms with Crippen molar-refractivity contribution >= 4 is 11.8 Å². The van der Waals surface area contributed by atoms with Crippen molar-refractivity contribution in [3.63, 3.8) is 0 Å². The number of aromatic nitrogens is 2. The van der Waals surface area contributed by atoms with E-state index in [-0.39, 0.29) is 17.4 Å². The first-order valence-corrected chi connectivity index (χ1v) is 10.8. The predicted molar refractivity (Wildman–Crippen MR) is 106 cm³/mol. The van der Waals surface area contributed by atoms with Crippen molar-refractivity contribution in [1.82, 2.24) is 19.6 Å². The van der Waals surface area contributed by atoms with Crippen LogP contribution in [0.5, 0.6) is 0 Å². The summed E-state index contributed by atoms with van der Waals surface area (Å²) in [5.41, 5.74) is 0.886. The summed E-state index contributed by atoms with van der Waals surface area (Å²) < 4.78 is 13.3. The molecule has 0 aromatic carbocycles. The molecule has 0 radical (unpaired) electrons. The fraction of sp³-hybridized carbons (Fsp3) is 0.762. The van der Waals surface area contributed by atoms with Crippen molar-refractivity contribution in [1.29, 1.82) is 0 Å². The van der Waals surface area contributed by atoms with E-state index in [2.05, 4.69) is 5.10 Å². The van der Waals surface area contributed by atoms with E-state index in [4.69, 9.17) is 9.47 Å². The fourth-order valence-corrected chi connectivity index (χ4v) is 4.80. The average Bonchev–Trinajstić information content (AvgIpc) is 3.14. The smallest absolute Gasteiger partial charge is 0.244 e. The number of ether oxygens (including phenoxy) is 2. The monoisotopic (exact) mass is 404 g/mol. The van der Waals surface area contributed by atoms with Gasteiger partial charge in [0.25, 0.3) is 0 Å². The highest BCUT2D eigenvalue weighted by Crippen LogP contribution is 2.39. The van der Waals surface area contributed by atoms with Crippen LogP contribution in [0.3, 0.4) is 0 Å². The fourth-order valence-electron chi connectivity index (χ4n) is 4.80. The summed E-state index contributed by atoms with van der Waals surface area (Å²) in [5, 5.41) is 4.21. The van der Waals surface area contributed by atoms with Crippen LogP contribution < -0.4 is 0 Å². The zero-order valence-corrected chi connectivity index (χ0v) is 17.3. The molecule has 8 heteroatoms. The lowest BCUT2D eigenvalue weighted by atomic mass is 9.78. The van der Waals surface area contributed by atoms with E-state index in [1.807, 2.05) is 22.9 Å². The zero-order valence-electron chi connectivity index (χ0n) is 17.3. The second-order valence-electron chi connectivity index (χ2n) is 8.68. The van der Waals surface area contributed by atoms with E-state index in [9.17, 15) is 9.59 Å². The number of morpholine rings is 1. The molecule has 3 saturated heterocycles. The Morgan fingerprint density at radius 1 is 1.10 bits per heavy atom. The minimum atomic E-state index is -0.173. The van der Waals surface area contributed by atoms with Crippen molar-refractivity contribution in [2.45, 2.75) is 51.2 Å². The molecule has 1 aromatic rings. The van der Waals surface area contributed by atoms with E-state index >= 15 is 0 Å². The summed E-state index contributed by atoms with van der Waals surface area (Å²) in [6.07, 6.45) is 7.82. The quantitative estimate of drug-likeness (QED) is 0.754. The van der Waals surface area contributed by atoms with Crippen molar-refractivity contribution < 1.29 is 19.1 Å². The van der Waals surface area contributed by atoms with Crippen LogP contribution in [0.15, 0.2) is 12.4 Å². The standard InChI is InChI=1S/C21H32N4O4/c1-17-14-22-25(15-17)16-20(27)23-5-3-21(4-6-23)13-18(2-9-29-21)12-19(26)24-7-10-28-11-8-24/h14-15,18H,2-13,16H2,1H3. The molecule has 1 unspecified atom stereocenters. The molecule has 2 amide bonds. The Labute approximate surface area is 172 Å². The number of hydrogen-bond donors (Lipinski definition) is 0. The third-order valence-corrected chi connectivity index (χ3v) is 6.51. The van der Waals surface area contributed by atoms with Gasteiger partial charge in [-0.05, 0) is 44.1 Å². The van der Waals surface area contributed by atoms with Gasteiger partial charge < -0.3 is 19.3 Å². The molecular formula is C21H32N4O4. The van der Waals surface area contributed by atoms with Crippen LogP contribution in [0.4, 0.5) is 0 Å². The summed E-state index contributed by atoms with van der Waals surface area (Å²) in [5.74, 6) is 0.726. The lowest BCUT2D eigenvalue weighted by Crippen LogP contribution is -2.51. The maximum Gasteiger partial charge on any atom is 0.244 e. The molecule has 3 aliphatic heterocycles. The Bertz CT molecular complexity index is 720. The number of amides is 2. The molecule has 3 fully saturated rings. The molecule has 4 heterocycles. The largest absolute Gasteiger partial charge is 0.378 e. The van der Waals surface area contributed by atoms with Gasteiger partial charge >= 0.3 is 0 Å². The second-order valence-corrected chi connectivity index (χ2v) is 8.68. The number of hydrogen-bond acceptors (Lipinski definition) is 5. The Morgan fingerprint density at radius 2 is 1.83 bits per heavy atom. The Balaban J connectivity index is 1.27. The third-order valence-electron chi connectivity index (χ3n) is 6.51. The normalized spacial score (nSPS) is 24.7. The SMILES string of the molecule is Cc1cnn(CC(=O)N2CCC3(CC2)CC(CC(=O)N2CCOCC2)CCO3)c1. The lowest BCUT2D eigenvalue weighted by molar-refractivity contribution is -0.151. The van der Waals surface area contributed by atoms with Crippen LogP contribution in [0.25, 0.3) is 0 Å². The Kier molecular flexibility index (Phi) is 6.20. The van der Waals surface area contributed by atoms with Gasteiger partial charge in [0.05, 0.1) is 25.0 Å². The molecule has 1 aromatic heterocycles. The summed E-state index contributed by atoms with van der Waals surface area (Å²) >= 11 is 0. The third kappa shape index (κ3) is 4.98. The van der Waals surface area contributed by atoms with Gasteiger partial charge in [-0.15, -0.1) is 0 Å². The van der Waals surface area contributed by atoms with Gasteiger partial charge in [0.2, 0.25) is 11.8 Å².